The van der Waals surface area contributed by atoms with Gasteiger partial charge in [-0.25, -0.2) is 0 Å². The van der Waals surface area contributed by atoms with Gasteiger partial charge in [-0.05, 0) is 13.0 Å². The molecule has 0 bridgehead atoms. The minimum atomic E-state index is -4.47. The molecule has 0 aromatic heterocycles. The van der Waals surface area contributed by atoms with Gasteiger partial charge in [0.15, 0.2) is 5.78 Å². The third-order valence-corrected chi connectivity index (χ3v) is 1.83. The lowest BCUT2D eigenvalue weighted by atomic mass is 10.1. The number of Topliss-reactive ketones (excluding diaryl/α,β-unsaturated/α-hetero) is 1. The Labute approximate surface area is 90.9 Å². The average molecular weight is 239 g/mol. The van der Waals surface area contributed by atoms with Crippen LogP contribution in [0.5, 0.6) is 0 Å². The van der Waals surface area contributed by atoms with E-state index in [9.17, 15) is 18.0 Å². The van der Waals surface area contributed by atoms with Crippen LogP contribution in [0.1, 0.15) is 6.92 Å². The Kier molecular flexibility index (Phi) is 5.36. The van der Waals surface area contributed by atoms with Gasteiger partial charge in [0, 0.05) is 11.1 Å². The highest BCUT2D eigenvalue weighted by Gasteiger charge is 2.29. The first-order chi connectivity index (χ1) is 6.82. The highest BCUT2D eigenvalue weighted by Crippen LogP contribution is 2.25. The van der Waals surface area contributed by atoms with Crippen LogP contribution in [-0.4, -0.2) is 17.8 Å². The molecule has 84 valence electrons. The quantitative estimate of drug-likeness (QED) is 0.417. The summed E-state index contributed by atoms with van der Waals surface area (Å²) in [6.45, 7) is 4.38. The van der Waals surface area contributed by atoms with Gasteiger partial charge in [-0.2, -0.15) is 13.2 Å². The second-order valence-corrected chi connectivity index (χ2v) is 2.92. The predicted octanol–water partition coefficient (Wildman–Crippen LogP) is 3.42. The van der Waals surface area contributed by atoms with Crippen LogP contribution in [0.25, 0.3) is 0 Å². The summed E-state index contributed by atoms with van der Waals surface area (Å²) in [6.07, 6.45) is -1.27. The number of halogens is 4. The molecule has 1 nitrogen and oxygen atoms in total. The predicted molar refractivity (Wildman–Crippen MR) is 53.8 cm³/mol. The van der Waals surface area contributed by atoms with Crippen molar-refractivity contribution in [1.82, 2.24) is 0 Å². The molecule has 5 heteroatoms. The molecule has 0 aromatic rings. The molecule has 0 rings (SSSR count). The van der Waals surface area contributed by atoms with Crippen molar-refractivity contribution in [1.29, 1.82) is 0 Å². The molecule has 0 aliphatic carbocycles. The number of rotatable bonds is 4. The third kappa shape index (κ3) is 4.83. The molecule has 0 saturated heterocycles. The van der Waals surface area contributed by atoms with Crippen LogP contribution in [0.15, 0.2) is 36.0 Å². The second kappa shape index (κ2) is 5.75. The van der Waals surface area contributed by atoms with Crippen molar-refractivity contribution < 1.29 is 18.0 Å². The fraction of sp³-hybridized carbons (Fsp3) is 0.300. The summed E-state index contributed by atoms with van der Waals surface area (Å²) in [4.78, 5) is 11.0. The summed E-state index contributed by atoms with van der Waals surface area (Å²) in [5.41, 5.74) is -0.875. The Hall–Kier alpha value is -1.03. The summed E-state index contributed by atoms with van der Waals surface area (Å²) in [5.74, 6) is -0.687. The van der Waals surface area contributed by atoms with Crippen LogP contribution >= 0.6 is 11.6 Å². The lowest BCUT2D eigenvalue weighted by molar-refractivity contribution is -0.113. The van der Waals surface area contributed by atoms with Gasteiger partial charge in [0.1, 0.15) is 0 Å². The van der Waals surface area contributed by atoms with E-state index in [1.807, 2.05) is 0 Å². The van der Waals surface area contributed by atoms with Crippen LogP contribution in [0.4, 0.5) is 13.2 Å². The number of hydrogen-bond donors (Lipinski definition) is 0. The van der Waals surface area contributed by atoms with E-state index < -0.39 is 17.5 Å². The highest BCUT2D eigenvalue weighted by atomic mass is 35.5. The Morgan fingerprint density at radius 2 is 1.93 bits per heavy atom. The average Bonchev–Trinajstić information content (AvgIpc) is 2.16. The summed E-state index contributed by atoms with van der Waals surface area (Å²) >= 11 is 5.26. The van der Waals surface area contributed by atoms with E-state index in [0.29, 0.717) is 0 Å². The molecule has 0 N–H and O–H groups in total. The van der Waals surface area contributed by atoms with E-state index >= 15 is 0 Å². The second-order valence-electron chi connectivity index (χ2n) is 2.66. The first-order valence-corrected chi connectivity index (χ1v) is 4.56. The summed E-state index contributed by atoms with van der Waals surface area (Å²) in [6, 6.07) is 0. The number of allylic oxidation sites excluding steroid dienone is 5. The molecule has 15 heavy (non-hydrogen) atoms. The fourth-order valence-electron chi connectivity index (χ4n) is 0.712. The normalized spacial score (nSPS) is 13.3. The smallest absolute Gasteiger partial charge is 0.293 e. The SMILES string of the molecule is C=C(/C=C\C(=C/C)C(=O)CCl)C(F)(F)F. The molecule has 0 unspecified atom stereocenters. The first kappa shape index (κ1) is 14.0. The molecule has 0 amide bonds. The zero-order valence-electron chi connectivity index (χ0n) is 8.07. The van der Waals surface area contributed by atoms with Crippen molar-refractivity contribution >= 4 is 17.4 Å². The van der Waals surface area contributed by atoms with Gasteiger partial charge in [0.05, 0.1) is 5.88 Å². The van der Waals surface area contributed by atoms with E-state index in [4.69, 9.17) is 11.6 Å². The largest absolute Gasteiger partial charge is 0.415 e. The zero-order chi connectivity index (χ0) is 12.1. The van der Waals surface area contributed by atoms with Crippen LogP contribution < -0.4 is 0 Å². The molecule has 0 heterocycles. The Balaban J connectivity index is 4.66. The van der Waals surface area contributed by atoms with E-state index in [-0.39, 0.29) is 11.5 Å². The van der Waals surface area contributed by atoms with Crippen molar-refractivity contribution in [2.45, 2.75) is 13.1 Å². The Morgan fingerprint density at radius 1 is 1.40 bits per heavy atom. The van der Waals surface area contributed by atoms with Crippen molar-refractivity contribution in [3.05, 3.63) is 36.0 Å². The zero-order valence-corrected chi connectivity index (χ0v) is 8.82. The van der Waals surface area contributed by atoms with Gasteiger partial charge < -0.3 is 0 Å². The van der Waals surface area contributed by atoms with Crippen molar-refractivity contribution in [2.24, 2.45) is 0 Å². The summed E-state index contributed by atoms with van der Waals surface area (Å²) < 4.78 is 36.0. The fourth-order valence-corrected chi connectivity index (χ4v) is 0.866. The first-order valence-electron chi connectivity index (χ1n) is 4.02. The molecule has 0 aromatic carbocycles. The number of hydrogen-bond acceptors (Lipinski definition) is 1. The van der Waals surface area contributed by atoms with Crippen molar-refractivity contribution in [3.63, 3.8) is 0 Å². The van der Waals surface area contributed by atoms with Gasteiger partial charge in [0.2, 0.25) is 0 Å². The van der Waals surface area contributed by atoms with E-state index in [0.717, 1.165) is 12.2 Å². The highest BCUT2D eigenvalue weighted by molar-refractivity contribution is 6.30. The monoisotopic (exact) mass is 238 g/mol. The minimum absolute atomic E-state index is 0.135. The summed E-state index contributed by atoms with van der Waals surface area (Å²) in [5, 5.41) is 0. The lowest BCUT2D eigenvalue weighted by Gasteiger charge is -2.04. The lowest BCUT2D eigenvalue weighted by Crippen LogP contribution is -2.09. The van der Waals surface area contributed by atoms with Crippen LogP contribution in [0, 0.1) is 0 Å². The molecule has 0 saturated carbocycles. The Morgan fingerprint density at radius 3 is 2.27 bits per heavy atom. The van der Waals surface area contributed by atoms with Gasteiger partial charge in [-0.1, -0.05) is 18.7 Å². The van der Waals surface area contributed by atoms with Gasteiger partial charge in [0.25, 0.3) is 0 Å². The standard InChI is InChI=1S/C10H10ClF3O/c1-3-8(9(15)6-11)5-4-7(2)10(12,13)14/h3-5H,2,6H2,1H3/b5-4-,8-3+. The number of ketones is 1. The molecular formula is C10H10ClF3O. The molecule has 0 atom stereocenters. The van der Waals surface area contributed by atoms with E-state index in [1.165, 1.54) is 6.08 Å². The maximum absolute atomic E-state index is 12.0. The number of carbonyl (C=O) groups is 1. The van der Waals surface area contributed by atoms with Gasteiger partial charge >= 0.3 is 6.18 Å². The molecule has 0 fully saturated rings. The van der Waals surface area contributed by atoms with Crippen LogP contribution in [0.3, 0.4) is 0 Å². The van der Waals surface area contributed by atoms with E-state index in [1.54, 1.807) is 6.92 Å². The Bertz CT molecular complexity index is 313. The topological polar surface area (TPSA) is 17.1 Å². The summed E-state index contributed by atoms with van der Waals surface area (Å²) in [7, 11) is 0. The molecular weight excluding hydrogens is 229 g/mol. The molecule has 0 aliphatic heterocycles. The van der Waals surface area contributed by atoms with Crippen molar-refractivity contribution in [3.8, 4) is 0 Å². The van der Waals surface area contributed by atoms with Gasteiger partial charge in [-0.15, -0.1) is 11.6 Å². The van der Waals surface area contributed by atoms with Crippen molar-refractivity contribution in [2.75, 3.05) is 5.88 Å². The van der Waals surface area contributed by atoms with E-state index in [2.05, 4.69) is 6.58 Å². The van der Waals surface area contributed by atoms with Gasteiger partial charge in [-0.3, -0.25) is 4.79 Å². The number of alkyl halides is 4. The minimum Gasteiger partial charge on any atom is -0.293 e. The van der Waals surface area contributed by atoms with Crippen LogP contribution in [0.2, 0.25) is 0 Å². The molecule has 0 aliphatic rings. The molecule has 0 spiro atoms. The maximum atomic E-state index is 12.0. The maximum Gasteiger partial charge on any atom is 0.415 e. The molecule has 0 radical (unpaired) electrons. The third-order valence-electron chi connectivity index (χ3n) is 1.58. The van der Waals surface area contributed by atoms with Crippen LogP contribution in [-0.2, 0) is 4.79 Å². The number of carbonyl (C=O) groups excluding carboxylic acids is 1.